The predicted octanol–water partition coefficient (Wildman–Crippen LogP) is 9.93. The summed E-state index contributed by atoms with van der Waals surface area (Å²) in [6, 6.07) is 0. The fourth-order valence-electron chi connectivity index (χ4n) is 10.3. The number of aliphatic hydroxyl groups is 1. The van der Waals surface area contributed by atoms with E-state index in [4.69, 9.17) is 4.74 Å². The molecule has 1 N–H and O–H groups in total. The van der Waals surface area contributed by atoms with E-state index in [1.807, 2.05) is 0 Å². The van der Waals surface area contributed by atoms with Crippen LogP contribution in [-0.4, -0.2) is 24.9 Å². The molecule has 4 aliphatic carbocycles. The number of hydrogen-bond acceptors (Lipinski definition) is 2. The Balaban J connectivity index is 0.000000479. The largest absolute Gasteiger partial charge is 0.396 e. The predicted molar refractivity (Wildman–Crippen MR) is 160 cm³/mol. The van der Waals surface area contributed by atoms with Crippen molar-refractivity contribution in [2.75, 3.05) is 19.8 Å². The quantitative estimate of drug-likeness (QED) is 0.276. The lowest BCUT2D eigenvalue weighted by atomic mass is 9.44. The van der Waals surface area contributed by atoms with Gasteiger partial charge in [0.05, 0.1) is 0 Å². The van der Waals surface area contributed by atoms with E-state index in [2.05, 4.69) is 48.5 Å². The van der Waals surface area contributed by atoms with E-state index in [0.29, 0.717) is 29.3 Å². The van der Waals surface area contributed by atoms with E-state index >= 15 is 0 Å². The fraction of sp³-hybridized carbons (Fsp3) is 1.00. The second-order valence-corrected chi connectivity index (χ2v) is 14.8. The van der Waals surface area contributed by atoms with Crippen molar-refractivity contribution in [2.24, 2.45) is 58.2 Å². The van der Waals surface area contributed by atoms with Gasteiger partial charge in [-0.1, -0.05) is 67.7 Å². The van der Waals surface area contributed by atoms with Crippen molar-refractivity contribution in [1.82, 2.24) is 0 Å². The zero-order valence-electron chi connectivity index (χ0n) is 26.2. The van der Waals surface area contributed by atoms with E-state index in [0.717, 1.165) is 68.0 Å². The molecule has 0 aliphatic heterocycles. The summed E-state index contributed by atoms with van der Waals surface area (Å²) in [4.78, 5) is 0. The third-order valence-corrected chi connectivity index (χ3v) is 12.5. The van der Waals surface area contributed by atoms with Crippen LogP contribution in [-0.2, 0) is 4.74 Å². The minimum atomic E-state index is 0.364. The molecule has 2 nitrogen and oxygen atoms in total. The third kappa shape index (κ3) is 7.17. The molecule has 0 aromatic rings. The van der Waals surface area contributed by atoms with Gasteiger partial charge in [0.1, 0.15) is 0 Å². The monoisotopic (exact) mass is 519 g/mol. The molecule has 0 radical (unpaired) electrons. The first-order valence-corrected chi connectivity index (χ1v) is 16.9. The molecule has 0 bridgehead atoms. The minimum absolute atomic E-state index is 0.364. The van der Waals surface area contributed by atoms with Crippen LogP contribution in [0, 0.1) is 58.2 Å². The smallest absolute Gasteiger partial charge is 0.0463 e. The lowest BCUT2D eigenvalue weighted by molar-refractivity contribution is -0.114. The van der Waals surface area contributed by atoms with Crippen LogP contribution in [0.4, 0.5) is 0 Å². The first-order chi connectivity index (χ1) is 17.7. The summed E-state index contributed by atoms with van der Waals surface area (Å²) < 4.78 is 5.13. The van der Waals surface area contributed by atoms with E-state index < -0.39 is 0 Å². The number of rotatable bonds is 11. The van der Waals surface area contributed by atoms with E-state index in [1.165, 1.54) is 64.2 Å². The van der Waals surface area contributed by atoms with Gasteiger partial charge >= 0.3 is 0 Å². The summed E-state index contributed by atoms with van der Waals surface area (Å²) in [5.74, 6) is 7.36. The molecule has 0 saturated heterocycles. The molecule has 9 atom stereocenters. The highest BCUT2D eigenvalue weighted by atomic mass is 16.5. The number of hydrogen-bond donors (Lipinski definition) is 1. The summed E-state index contributed by atoms with van der Waals surface area (Å²) in [6.07, 6.45) is 21.2. The SMILES string of the molecule is CC(C)[C@H](CCO)CC[C@@H](C)[C@H]1CC[C@H]2[C@@H]3CCC4CCCC[C@]4(C)[C@H]3CC[C@]12C.CCCOCCC. The molecular weight excluding hydrogens is 452 g/mol. The van der Waals surface area contributed by atoms with E-state index in [9.17, 15) is 5.11 Å². The van der Waals surface area contributed by atoms with Gasteiger partial charge in [-0.15, -0.1) is 0 Å². The Hall–Kier alpha value is -0.0800. The molecule has 218 valence electrons. The molecule has 2 heteroatoms. The molecule has 1 unspecified atom stereocenters. The molecule has 37 heavy (non-hydrogen) atoms. The molecule has 4 fully saturated rings. The standard InChI is InChI=1S/C29H52O.C6H14O/c1-20(2)22(16-19-30)10-9-21(3)25-13-14-26-24-12-11-23-8-6-7-17-28(23,4)27(24)15-18-29(25,26)5;1-3-5-7-6-4-2/h20-27,30H,6-19H2,1-5H3;3-6H2,1-2H3/t21-,22+,23?,24+,25-,26+,27+,28+,29-;/m1./s1. The van der Waals surface area contributed by atoms with Gasteiger partial charge in [-0.05, 0) is 135 Å². The number of aliphatic hydroxyl groups excluding tert-OH is 1. The van der Waals surface area contributed by atoms with Gasteiger partial charge in [-0.25, -0.2) is 0 Å². The van der Waals surface area contributed by atoms with Gasteiger partial charge < -0.3 is 9.84 Å². The van der Waals surface area contributed by atoms with Gasteiger partial charge in [0.15, 0.2) is 0 Å². The first kappa shape index (κ1) is 31.4. The lowest BCUT2D eigenvalue weighted by Gasteiger charge is -2.61. The normalized spacial score (nSPS) is 38.7. The van der Waals surface area contributed by atoms with Crippen LogP contribution in [0.5, 0.6) is 0 Å². The van der Waals surface area contributed by atoms with Crippen molar-refractivity contribution < 1.29 is 9.84 Å². The summed E-state index contributed by atoms with van der Waals surface area (Å²) in [5.41, 5.74) is 1.30. The zero-order chi connectivity index (χ0) is 27.1. The summed E-state index contributed by atoms with van der Waals surface area (Å²) in [7, 11) is 0. The summed E-state index contributed by atoms with van der Waals surface area (Å²) in [5, 5.41) is 9.47. The highest BCUT2D eigenvalue weighted by Gasteiger charge is 2.60. The van der Waals surface area contributed by atoms with Gasteiger partial charge in [0.25, 0.3) is 0 Å². The van der Waals surface area contributed by atoms with Crippen LogP contribution in [0.15, 0.2) is 0 Å². The Morgan fingerprint density at radius 1 is 0.757 bits per heavy atom. The van der Waals surface area contributed by atoms with Gasteiger partial charge in [-0.3, -0.25) is 0 Å². The van der Waals surface area contributed by atoms with Gasteiger partial charge in [0.2, 0.25) is 0 Å². The molecular formula is C35H66O2. The molecule has 0 aromatic heterocycles. The fourth-order valence-corrected chi connectivity index (χ4v) is 10.3. The van der Waals surface area contributed by atoms with Crippen molar-refractivity contribution >= 4 is 0 Å². The van der Waals surface area contributed by atoms with Crippen molar-refractivity contribution in [1.29, 1.82) is 0 Å². The molecule has 0 heterocycles. The van der Waals surface area contributed by atoms with Crippen LogP contribution in [0.3, 0.4) is 0 Å². The molecule has 4 saturated carbocycles. The second kappa shape index (κ2) is 14.5. The van der Waals surface area contributed by atoms with Gasteiger partial charge in [-0.2, -0.15) is 0 Å². The topological polar surface area (TPSA) is 29.5 Å². The average molecular weight is 519 g/mol. The van der Waals surface area contributed by atoms with Gasteiger partial charge in [0, 0.05) is 19.8 Å². The molecule has 4 rings (SSSR count). The maximum absolute atomic E-state index is 9.47. The first-order valence-electron chi connectivity index (χ1n) is 16.9. The Bertz CT molecular complexity index is 641. The molecule has 0 amide bonds. The van der Waals surface area contributed by atoms with Crippen LogP contribution < -0.4 is 0 Å². The highest BCUT2D eigenvalue weighted by Crippen LogP contribution is 2.68. The second-order valence-electron chi connectivity index (χ2n) is 14.8. The van der Waals surface area contributed by atoms with Crippen molar-refractivity contribution in [3.63, 3.8) is 0 Å². The highest BCUT2D eigenvalue weighted by molar-refractivity contribution is 5.09. The molecule has 0 spiro atoms. The molecule has 4 aliphatic rings. The zero-order valence-corrected chi connectivity index (χ0v) is 26.2. The van der Waals surface area contributed by atoms with Crippen LogP contribution in [0.2, 0.25) is 0 Å². The Labute approximate surface area is 232 Å². The van der Waals surface area contributed by atoms with E-state index in [-0.39, 0.29) is 0 Å². The van der Waals surface area contributed by atoms with E-state index in [1.54, 1.807) is 12.8 Å². The third-order valence-electron chi connectivity index (χ3n) is 12.5. The Morgan fingerprint density at radius 2 is 1.46 bits per heavy atom. The Morgan fingerprint density at radius 3 is 2.11 bits per heavy atom. The van der Waals surface area contributed by atoms with Crippen molar-refractivity contribution in [3.05, 3.63) is 0 Å². The summed E-state index contributed by atoms with van der Waals surface area (Å²) >= 11 is 0. The minimum Gasteiger partial charge on any atom is -0.396 e. The van der Waals surface area contributed by atoms with Crippen molar-refractivity contribution in [2.45, 2.75) is 145 Å². The van der Waals surface area contributed by atoms with Crippen LogP contribution in [0.1, 0.15) is 145 Å². The lowest BCUT2D eigenvalue weighted by Crippen LogP contribution is -2.53. The summed E-state index contributed by atoms with van der Waals surface area (Å²) in [6.45, 7) is 19.2. The van der Waals surface area contributed by atoms with Crippen LogP contribution in [0.25, 0.3) is 0 Å². The van der Waals surface area contributed by atoms with Crippen molar-refractivity contribution in [3.8, 4) is 0 Å². The van der Waals surface area contributed by atoms with Crippen LogP contribution >= 0.6 is 0 Å². The number of fused-ring (bicyclic) bond motifs is 5. The number of ether oxygens (including phenoxy) is 1. The molecule has 0 aromatic carbocycles. The Kier molecular flexibility index (Phi) is 12.3. The average Bonchev–Trinajstić information content (AvgIpc) is 3.24. The maximum Gasteiger partial charge on any atom is 0.0463 e. The maximum atomic E-state index is 9.47.